The van der Waals surface area contributed by atoms with E-state index in [2.05, 4.69) is 4.98 Å². The van der Waals surface area contributed by atoms with Crippen molar-refractivity contribution in [2.24, 2.45) is 0 Å². The molecule has 1 aliphatic rings. The van der Waals surface area contributed by atoms with E-state index in [9.17, 15) is 18.0 Å². The summed E-state index contributed by atoms with van der Waals surface area (Å²) in [6, 6.07) is 16.4. The number of hydrogen-bond donors (Lipinski definition) is 0. The molecule has 2 aromatic carbocycles. The Labute approximate surface area is 194 Å². The van der Waals surface area contributed by atoms with Crippen LogP contribution in [-0.4, -0.2) is 42.0 Å². The molecule has 1 fully saturated rings. The zero-order valence-electron chi connectivity index (χ0n) is 18.5. The van der Waals surface area contributed by atoms with E-state index in [1.807, 2.05) is 30.0 Å². The lowest BCUT2D eigenvalue weighted by molar-refractivity contribution is -0.137. The molecule has 0 bridgehead atoms. The standard InChI is InChI=1S/C26H22F3N3O2/c1-17-7-8-22-20(14-17)21(16-23(30-22)24-6-3-13-34-24)25(33)32-11-9-31(10-12-32)19-5-2-4-18(15-19)26(27,28)29/h2-8,13-16H,9-12H2,1H3. The number of carbonyl (C=O) groups is 1. The second-order valence-electron chi connectivity index (χ2n) is 8.38. The van der Waals surface area contributed by atoms with Crippen LogP contribution in [0.4, 0.5) is 18.9 Å². The summed E-state index contributed by atoms with van der Waals surface area (Å²) in [7, 11) is 0. The summed E-state index contributed by atoms with van der Waals surface area (Å²) in [6.45, 7) is 3.66. The average molecular weight is 465 g/mol. The highest BCUT2D eigenvalue weighted by atomic mass is 19.4. The maximum atomic E-state index is 13.6. The molecule has 4 aromatic rings. The molecule has 34 heavy (non-hydrogen) atoms. The maximum Gasteiger partial charge on any atom is 0.416 e. The number of rotatable bonds is 3. The summed E-state index contributed by atoms with van der Waals surface area (Å²) in [4.78, 5) is 21.9. The summed E-state index contributed by atoms with van der Waals surface area (Å²) < 4.78 is 44.8. The number of aryl methyl sites for hydroxylation is 1. The van der Waals surface area contributed by atoms with E-state index < -0.39 is 11.7 Å². The number of amides is 1. The number of fused-ring (bicyclic) bond motifs is 1. The van der Waals surface area contributed by atoms with Crippen LogP contribution in [0.3, 0.4) is 0 Å². The van der Waals surface area contributed by atoms with E-state index in [1.165, 1.54) is 6.07 Å². The summed E-state index contributed by atoms with van der Waals surface area (Å²) in [5, 5.41) is 0.764. The van der Waals surface area contributed by atoms with Gasteiger partial charge in [0, 0.05) is 37.3 Å². The molecule has 0 radical (unpaired) electrons. The van der Waals surface area contributed by atoms with Crippen LogP contribution in [0.1, 0.15) is 21.5 Å². The smallest absolute Gasteiger partial charge is 0.416 e. The summed E-state index contributed by atoms with van der Waals surface area (Å²) >= 11 is 0. The minimum Gasteiger partial charge on any atom is -0.463 e. The number of anilines is 1. The molecule has 3 heterocycles. The Morgan fingerprint density at radius 3 is 2.47 bits per heavy atom. The molecule has 5 rings (SSSR count). The molecule has 2 aromatic heterocycles. The fourth-order valence-corrected chi connectivity index (χ4v) is 4.28. The number of alkyl halides is 3. The van der Waals surface area contributed by atoms with Crippen LogP contribution in [0.15, 0.2) is 71.3 Å². The first-order valence-corrected chi connectivity index (χ1v) is 11.0. The van der Waals surface area contributed by atoms with Crippen LogP contribution in [0.25, 0.3) is 22.4 Å². The molecule has 8 heteroatoms. The lowest BCUT2D eigenvalue weighted by atomic mass is 10.0. The van der Waals surface area contributed by atoms with Crippen molar-refractivity contribution in [1.82, 2.24) is 9.88 Å². The average Bonchev–Trinajstić information content (AvgIpc) is 3.38. The van der Waals surface area contributed by atoms with E-state index in [-0.39, 0.29) is 5.91 Å². The topological polar surface area (TPSA) is 49.6 Å². The van der Waals surface area contributed by atoms with Crippen LogP contribution >= 0.6 is 0 Å². The molecule has 0 spiro atoms. The van der Waals surface area contributed by atoms with Gasteiger partial charge in [0.25, 0.3) is 5.91 Å². The lowest BCUT2D eigenvalue weighted by Gasteiger charge is -2.36. The van der Waals surface area contributed by atoms with Crippen molar-refractivity contribution in [3.05, 3.63) is 83.6 Å². The molecular formula is C26H22F3N3O2. The van der Waals surface area contributed by atoms with Crippen molar-refractivity contribution in [3.8, 4) is 11.5 Å². The number of nitrogens with zero attached hydrogens (tertiary/aromatic N) is 3. The third-order valence-electron chi connectivity index (χ3n) is 6.07. The van der Waals surface area contributed by atoms with Gasteiger partial charge in [0.1, 0.15) is 5.69 Å². The summed E-state index contributed by atoms with van der Waals surface area (Å²) in [5.74, 6) is 0.445. The number of aromatic nitrogens is 1. The number of hydrogen-bond acceptors (Lipinski definition) is 4. The highest BCUT2D eigenvalue weighted by Gasteiger charge is 2.31. The Bertz CT molecular complexity index is 1340. The van der Waals surface area contributed by atoms with Gasteiger partial charge in [-0.3, -0.25) is 4.79 Å². The Morgan fingerprint density at radius 1 is 0.971 bits per heavy atom. The molecule has 0 saturated carbocycles. The zero-order valence-corrected chi connectivity index (χ0v) is 18.5. The first kappa shape index (κ1) is 22.0. The van der Waals surface area contributed by atoms with Crippen molar-refractivity contribution in [2.45, 2.75) is 13.1 Å². The predicted molar refractivity (Wildman–Crippen MR) is 124 cm³/mol. The highest BCUT2D eigenvalue weighted by Crippen LogP contribution is 2.32. The van der Waals surface area contributed by atoms with Gasteiger partial charge in [-0.25, -0.2) is 4.98 Å². The Balaban J connectivity index is 1.41. The summed E-state index contributed by atoms with van der Waals surface area (Å²) in [5.41, 5.74) is 2.66. The first-order chi connectivity index (χ1) is 16.3. The zero-order chi connectivity index (χ0) is 23.9. The van der Waals surface area contributed by atoms with Gasteiger partial charge in [-0.1, -0.05) is 17.7 Å². The van der Waals surface area contributed by atoms with E-state index >= 15 is 0 Å². The van der Waals surface area contributed by atoms with Crippen LogP contribution < -0.4 is 4.90 Å². The van der Waals surface area contributed by atoms with Gasteiger partial charge in [-0.15, -0.1) is 0 Å². The minimum absolute atomic E-state index is 0.130. The number of halogens is 3. The van der Waals surface area contributed by atoms with Gasteiger partial charge in [-0.2, -0.15) is 13.2 Å². The fraction of sp³-hybridized carbons (Fsp3) is 0.231. The Morgan fingerprint density at radius 2 is 1.76 bits per heavy atom. The van der Waals surface area contributed by atoms with Gasteiger partial charge < -0.3 is 14.2 Å². The fourth-order valence-electron chi connectivity index (χ4n) is 4.28. The van der Waals surface area contributed by atoms with Crippen molar-refractivity contribution in [1.29, 1.82) is 0 Å². The molecule has 1 amide bonds. The van der Waals surface area contributed by atoms with Crippen LogP contribution in [0.5, 0.6) is 0 Å². The first-order valence-electron chi connectivity index (χ1n) is 11.0. The molecule has 0 N–H and O–H groups in total. The van der Waals surface area contributed by atoms with Gasteiger partial charge in [0.05, 0.1) is 22.9 Å². The highest BCUT2D eigenvalue weighted by molar-refractivity contribution is 6.07. The van der Waals surface area contributed by atoms with Crippen molar-refractivity contribution < 1.29 is 22.4 Å². The van der Waals surface area contributed by atoms with E-state index in [0.717, 1.165) is 23.1 Å². The SMILES string of the molecule is Cc1ccc2nc(-c3ccco3)cc(C(=O)N3CCN(c4cccc(C(F)(F)F)c4)CC3)c2c1. The molecular weight excluding hydrogens is 443 g/mol. The quantitative estimate of drug-likeness (QED) is 0.385. The van der Waals surface area contributed by atoms with E-state index in [1.54, 1.807) is 35.4 Å². The number of pyridine rings is 1. The molecule has 0 unspecified atom stereocenters. The van der Waals surface area contributed by atoms with Crippen LogP contribution in [-0.2, 0) is 6.18 Å². The normalized spacial score (nSPS) is 14.6. The van der Waals surface area contributed by atoms with Crippen LogP contribution in [0.2, 0.25) is 0 Å². The lowest BCUT2D eigenvalue weighted by Crippen LogP contribution is -2.48. The van der Waals surface area contributed by atoms with Crippen molar-refractivity contribution >= 4 is 22.5 Å². The number of furan rings is 1. The molecule has 1 aliphatic heterocycles. The van der Waals surface area contributed by atoms with Gasteiger partial charge in [0.15, 0.2) is 5.76 Å². The number of benzene rings is 2. The molecule has 5 nitrogen and oxygen atoms in total. The Hall–Kier alpha value is -3.81. The summed E-state index contributed by atoms with van der Waals surface area (Å²) in [6.07, 6.45) is -2.83. The second-order valence-corrected chi connectivity index (χ2v) is 8.38. The minimum atomic E-state index is -4.39. The van der Waals surface area contributed by atoms with Gasteiger partial charge in [-0.05, 0) is 55.5 Å². The van der Waals surface area contributed by atoms with Crippen molar-refractivity contribution in [2.75, 3.05) is 31.1 Å². The molecule has 0 aliphatic carbocycles. The van der Waals surface area contributed by atoms with Crippen LogP contribution in [0, 0.1) is 6.92 Å². The second kappa shape index (κ2) is 8.52. The number of carbonyl (C=O) groups excluding carboxylic acids is 1. The molecule has 174 valence electrons. The Kier molecular flexibility index (Phi) is 5.51. The molecule has 0 atom stereocenters. The number of piperazine rings is 1. The van der Waals surface area contributed by atoms with E-state index in [0.29, 0.717) is 54.4 Å². The van der Waals surface area contributed by atoms with Gasteiger partial charge >= 0.3 is 6.18 Å². The predicted octanol–water partition coefficient (Wildman–Crippen LogP) is 5.78. The monoisotopic (exact) mass is 465 g/mol. The van der Waals surface area contributed by atoms with E-state index in [4.69, 9.17) is 4.42 Å². The van der Waals surface area contributed by atoms with Gasteiger partial charge in [0.2, 0.25) is 0 Å². The molecule has 1 saturated heterocycles. The van der Waals surface area contributed by atoms with Crippen molar-refractivity contribution in [3.63, 3.8) is 0 Å². The largest absolute Gasteiger partial charge is 0.463 e. The maximum absolute atomic E-state index is 13.6. The third kappa shape index (κ3) is 4.23. The third-order valence-corrected chi connectivity index (χ3v) is 6.07.